The van der Waals surface area contributed by atoms with E-state index in [0.717, 1.165) is 10.0 Å². The van der Waals surface area contributed by atoms with Crippen LogP contribution in [0.1, 0.15) is 26.3 Å². The largest absolute Gasteiger partial charge is 0.444 e. The molecule has 0 radical (unpaired) electrons. The van der Waals surface area contributed by atoms with E-state index in [2.05, 4.69) is 4.98 Å². The third kappa shape index (κ3) is 5.36. The van der Waals surface area contributed by atoms with Gasteiger partial charge in [0.25, 0.3) is 10.0 Å². The van der Waals surface area contributed by atoms with E-state index in [0.29, 0.717) is 17.7 Å². The first-order valence-electron chi connectivity index (χ1n) is 9.76. The van der Waals surface area contributed by atoms with E-state index < -0.39 is 44.2 Å². The fourth-order valence-electron chi connectivity index (χ4n) is 2.98. The first kappa shape index (κ1) is 24.3. The average molecular weight is 481 g/mol. The van der Waals surface area contributed by atoms with Crippen molar-refractivity contribution in [3.05, 3.63) is 71.9 Å². The van der Waals surface area contributed by atoms with Crippen molar-refractivity contribution in [3.8, 4) is 11.3 Å². The highest BCUT2D eigenvalue weighted by molar-refractivity contribution is 7.90. The molecule has 0 atom stereocenters. The van der Waals surface area contributed by atoms with Crippen LogP contribution < -0.4 is 0 Å². The van der Waals surface area contributed by atoms with Gasteiger partial charge in [-0.25, -0.2) is 30.9 Å². The summed E-state index contributed by atoms with van der Waals surface area (Å²) in [6, 6.07) is 6.26. The number of ether oxygens (including phenoxy) is 1. The summed E-state index contributed by atoms with van der Waals surface area (Å²) < 4.78 is 74.1. The van der Waals surface area contributed by atoms with Crippen molar-refractivity contribution in [1.29, 1.82) is 0 Å². The number of benzene rings is 1. The third-order valence-corrected chi connectivity index (χ3v) is 6.12. The lowest BCUT2D eigenvalue weighted by atomic mass is 10.2. The minimum absolute atomic E-state index is 0.0654. The van der Waals surface area contributed by atoms with Crippen molar-refractivity contribution in [1.82, 2.24) is 13.9 Å². The van der Waals surface area contributed by atoms with E-state index in [1.807, 2.05) is 0 Å². The van der Waals surface area contributed by atoms with Crippen LogP contribution in [0.4, 0.5) is 18.0 Å². The maximum Gasteiger partial charge on any atom is 0.410 e. The second kappa shape index (κ2) is 8.89. The summed E-state index contributed by atoms with van der Waals surface area (Å²) in [4.78, 5) is 16.5. The van der Waals surface area contributed by atoms with Crippen LogP contribution in [-0.2, 0) is 21.3 Å². The predicted molar refractivity (Wildman–Crippen MR) is 114 cm³/mol. The lowest BCUT2D eigenvalue weighted by molar-refractivity contribution is 0.0285. The molecule has 7 nitrogen and oxygen atoms in total. The van der Waals surface area contributed by atoms with Gasteiger partial charge in [0.15, 0.2) is 11.6 Å². The van der Waals surface area contributed by atoms with Crippen LogP contribution in [0.3, 0.4) is 0 Å². The molecule has 0 aliphatic rings. The summed E-state index contributed by atoms with van der Waals surface area (Å²) in [5.41, 5.74) is -0.641. The van der Waals surface area contributed by atoms with E-state index in [4.69, 9.17) is 4.74 Å². The molecule has 176 valence electrons. The number of hydrogen-bond donors (Lipinski definition) is 0. The van der Waals surface area contributed by atoms with Gasteiger partial charge >= 0.3 is 6.09 Å². The molecular weight excluding hydrogens is 459 g/mol. The minimum atomic E-state index is -4.46. The molecular formula is C22H22F3N3O4S. The Bertz CT molecular complexity index is 1300. The Balaban J connectivity index is 2.09. The zero-order valence-electron chi connectivity index (χ0n) is 18.3. The number of aromatic nitrogens is 2. The van der Waals surface area contributed by atoms with Crippen LogP contribution in [0.15, 0.2) is 53.7 Å². The van der Waals surface area contributed by atoms with E-state index in [-0.39, 0.29) is 17.8 Å². The molecule has 0 fully saturated rings. The minimum Gasteiger partial charge on any atom is -0.444 e. The number of carbonyl (C=O) groups excluding carboxylic acids is 1. The summed E-state index contributed by atoms with van der Waals surface area (Å²) in [5, 5.41) is 0. The van der Waals surface area contributed by atoms with E-state index in [9.17, 15) is 26.4 Å². The summed E-state index contributed by atoms with van der Waals surface area (Å²) >= 11 is 0. The maximum atomic E-state index is 14.4. The highest BCUT2D eigenvalue weighted by atomic mass is 32.2. The molecule has 0 saturated heterocycles. The number of halogens is 3. The topological polar surface area (TPSA) is 81.5 Å². The Morgan fingerprint density at radius 3 is 2.42 bits per heavy atom. The predicted octanol–water partition coefficient (Wildman–Crippen LogP) is 4.57. The van der Waals surface area contributed by atoms with E-state index in [1.54, 1.807) is 20.8 Å². The number of nitrogens with zero attached hydrogens (tertiary/aromatic N) is 3. The van der Waals surface area contributed by atoms with Crippen LogP contribution in [0.25, 0.3) is 11.3 Å². The molecule has 0 bridgehead atoms. The number of amides is 1. The molecule has 0 unspecified atom stereocenters. The van der Waals surface area contributed by atoms with Crippen LogP contribution in [0, 0.1) is 17.6 Å². The van der Waals surface area contributed by atoms with Crippen LogP contribution in [0.5, 0.6) is 0 Å². The van der Waals surface area contributed by atoms with Gasteiger partial charge in [0.1, 0.15) is 5.60 Å². The van der Waals surface area contributed by atoms with Gasteiger partial charge in [-0.05, 0) is 62.7 Å². The van der Waals surface area contributed by atoms with Crippen LogP contribution >= 0.6 is 0 Å². The monoisotopic (exact) mass is 481 g/mol. The summed E-state index contributed by atoms with van der Waals surface area (Å²) in [7, 11) is -3.00. The van der Waals surface area contributed by atoms with Gasteiger partial charge in [-0.2, -0.15) is 4.39 Å². The number of carbonyl (C=O) groups is 1. The molecule has 1 aromatic carbocycles. The van der Waals surface area contributed by atoms with Gasteiger partial charge < -0.3 is 9.64 Å². The summed E-state index contributed by atoms with van der Waals surface area (Å²) in [6.07, 6.45) is 1.74. The SMILES string of the molecule is CN(Cc1cc(-c2cccnc2F)n(S(=O)(=O)c2ccc(F)c(F)c2)c1)C(=O)OC(C)(C)C. The molecule has 33 heavy (non-hydrogen) atoms. The molecule has 0 saturated carbocycles. The summed E-state index contributed by atoms with van der Waals surface area (Å²) in [6.45, 7) is 5.04. The van der Waals surface area contributed by atoms with Gasteiger partial charge in [0, 0.05) is 19.4 Å². The first-order chi connectivity index (χ1) is 15.3. The highest BCUT2D eigenvalue weighted by Crippen LogP contribution is 2.29. The standard InChI is InChI=1S/C22H22F3N3O4S/c1-22(2,3)32-21(29)27(4)12-14-10-19(16-6-5-9-26-20(16)25)28(13-14)33(30,31)15-7-8-17(23)18(24)11-15/h5-11,13H,12H2,1-4H3. The number of hydrogen-bond acceptors (Lipinski definition) is 5. The van der Waals surface area contributed by atoms with Gasteiger partial charge in [-0.15, -0.1) is 0 Å². The van der Waals surface area contributed by atoms with Crippen molar-refractivity contribution in [2.24, 2.45) is 0 Å². The molecule has 3 rings (SSSR count). The number of pyridine rings is 1. The summed E-state index contributed by atoms with van der Waals surface area (Å²) in [5.74, 6) is -3.48. The van der Waals surface area contributed by atoms with Crippen molar-refractivity contribution in [2.45, 2.75) is 37.8 Å². The maximum absolute atomic E-state index is 14.4. The zero-order chi connectivity index (χ0) is 24.6. The van der Waals surface area contributed by atoms with Gasteiger partial charge in [0.2, 0.25) is 5.95 Å². The fraction of sp³-hybridized carbons (Fsp3) is 0.273. The van der Waals surface area contributed by atoms with Crippen LogP contribution in [0.2, 0.25) is 0 Å². The Kier molecular flexibility index (Phi) is 6.55. The molecule has 0 aliphatic heterocycles. The molecule has 2 aromatic heterocycles. The van der Waals surface area contributed by atoms with Crippen molar-refractivity contribution in [3.63, 3.8) is 0 Å². The fourth-order valence-corrected chi connectivity index (χ4v) is 4.39. The first-order valence-corrected chi connectivity index (χ1v) is 11.2. The quantitative estimate of drug-likeness (QED) is 0.499. The van der Waals surface area contributed by atoms with Crippen molar-refractivity contribution in [2.75, 3.05) is 7.05 Å². The lowest BCUT2D eigenvalue weighted by Gasteiger charge is -2.24. The van der Waals surface area contributed by atoms with Gasteiger partial charge in [-0.1, -0.05) is 0 Å². The second-order valence-electron chi connectivity index (χ2n) is 8.29. The molecule has 1 amide bonds. The molecule has 0 N–H and O–H groups in total. The average Bonchev–Trinajstić information content (AvgIpc) is 3.13. The van der Waals surface area contributed by atoms with E-state index >= 15 is 0 Å². The molecule has 2 heterocycles. The van der Waals surface area contributed by atoms with Crippen LogP contribution in [-0.4, -0.2) is 41.0 Å². The zero-order valence-corrected chi connectivity index (χ0v) is 19.2. The van der Waals surface area contributed by atoms with Crippen molar-refractivity contribution < 1.29 is 31.1 Å². The Hall–Kier alpha value is -3.34. The van der Waals surface area contributed by atoms with Crippen molar-refractivity contribution >= 4 is 16.1 Å². The Labute approximate surface area is 189 Å². The Morgan fingerprint density at radius 1 is 1.12 bits per heavy atom. The second-order valence-corrected chi connectivity index (χ2v) is 10.1. The normalized spacial score (nSPS) is 12.0. The van der Waals surface area contributed by atoms with Gasteiger partial charge in [-0.3, -0.25) is 0 Å². The Morgan fingerprint density at radius 2 is 1.82 bits per heavy atom. The van der Waals surface area contributed by atoms with Gasteiger partial charge in [0.05, 0.1) is 22.7 Å². The molecule has 3 aromatic rings. The van der Waals surface area contributed by atoms with E-state index in [1.165, 1.54) is 42.5 Å². The molecule has 11 heteroatoms. The highest BCUT2D eigenvalue weighted by Gasteiger charge is 2.26. The lowest BCUT2D eigenvalue weighted by Crippen LogP contribution is -2.33. The molecule has 0 aliphatic carbocycles. The smallest absolute Gasteiger partial charge is 0.410 e. The third-order valence-electron chi connectivity index (χ3n) is 4.45. The molecule has 0 spiro atoms. The number of rotatable bonds is 5.